The Morgan fingerprint density at radius 2 is 2.30 bits per heavy atom. The Morgan fingerprint density at radius 1 is 1.40 bits per heavy atom. The maximum absolute atomic E-state index is 5.46. The van der Waals surface area contributed by atoms with Crippen molar-refractivity contribution in [1.82, 2.24) is 10.3 Å². The second-order valence-electron chi connectivity index (χ2n) is 5.32. The van der Waals surface area contributed by atoms with Gasteiger partial charge in [-0.05, 0) is 38.4 Å². The van der Waals surface area contributed by atoms with Gasteiger partial charge < -0.3 is 10.1 Å². The summed E-state index contributed by atoms with van der Waals surface area (Å²) < 4.78 is 5.46. The summed E-state index contributed by atoms with van der Waals surface area (Å²) in [5, 5.41) is 6.86. The average Bonchev–Trinajstić information content (AvgIpc) is 2.98. The second kappa shape index (κ2) is 5.94. The number of nitrogens with zero attached hydrogens (tertiary/aromatic N) is 1. The lowest BCUT2D eigenvalue weighted by atomic mass is 10.0. The molecule has 1 aromatic heterocycles. The van der Waals surface area contributed by atoms with Crippen LogP contribution in [0.2, 0.25) is 0 Å². The molecule has 0 aliphatic carbocycles. The van der Waals surface area contributed by atoms with Crippen LogP contribution in [0.25, 0.3) is 11.3 Å². The number of piperidine rings is 1. The van der Waals surface area contributed by atoms with Gasteiger partial charge in [0.25, 0.3) is 0 Å². The zero-order valence-electron chi connectivity index (χ0n) is 12.0. The number of methoxy groups -OCH3 is 1. The second-order valence-corrected chi connectivity index (χ2v) is 6.21. The van der Waals surface area contributed by atoms with Crippen LogP contribution in [0.15, 0.2) is 23.6 Å². The topological polar surface area (TPSA) is 34.1 Å². The predicted octanol–water partition coefficient (Wildman–Crippen LogP) is 3.59. The molecular weight excluding hydrogens is 268 g/mol. The van der Waals surface area contributed by atoms with Crippen LogP contribution in [0.5, 0.6) is 5.75 Å². The number of ether oxygens (including phenoxy) is 1. The molecule has 0 amide bonds. The highest BCUT2D eigenvalue weighted by atomic mass is 32.1. The van der Waals surface area contributed by atoms with Crippen molar-refractivity contribution >= 4 is 11.3 Å². The molecule has 1 aliphatic rings. The number of rotatable bonds is 3. The first-order chi connectivity index (χ1) is 9.78. The highest BCUT2D eigenvalue weighted by Gasteiger charge is 2.19. The van der Waals surface area contributed by atoms with E-state index in [1.54, 1.807) is 18.4 Å². The fourth-order valence-electron chi connectivity index (χ4n) is 2.68. The Morgan fingerprint density at radius 3 is 3.05 bits per heavy atom. The Balaban J connectivity index is 1.91. The molecule has 1 atom stereocenters. The zero-order valence-corrected chi connectivity index (χ0v) is 12.8. The molecule has 2 aromatic rings. The number of thiazole rings is 1. The van der Waals surface area contributed by atoms with Gasteiger partial charge in [0.15, 0.2) is 0 Å². The molecule has 4 heteroatoms. The Bertz CT molecular complexity index is 588. The lowest BCUT2D eigenvalue weighted by Gasteiger charge is -2.20. The van der Waals surface area contributed by atoms with Gasteiger partial charge in [0.1, 0.15) is 5.75 Å². The summed E-state index contributed by atoms with van der Waals surface area (Å²) >= 11 is 1.77. The largest absolute Gasteiger partial charge is 0.496 e. The Labute approximate surface area is 124 Å². The summed E-state index contributed by atoms with van der Waals surface area (Å²) in [6, 6.07) is 6.24. The molecule has 1 saturated heterocycles. The van der Waals surface area contributed by atoms with Gasteiger partial charge >= 0.3 is 0 Å². The maximum Gasteiger partial charge on any atom is 0.128 e. The van der Waals surface area contributed by atoms with Crippen LogP contribution in [0.3, 0.4) is 0 Å². The van der Waals surface area contributed by atoms with E-state index in [0.717, 1.165) is 30.1 Å². The van der Waals surface area contributed by atoms with Gasteiger partial charge in [0, 0.05) is 23.4 Å². The van der Waals surface area contributed by atoms with Crippen LogP contribution >= 0.6 is 11.3 Å². The molecule has 3 rings (SSSR count). The SMILES string of the molecule is COc1ccc(C)cc1-c1csc(C2CCCNC2)n1. The van der Waals surface area contributed by atoms with Gasteiger partial charge in [0.2, 0.25) is 0 Å². The molecule has 1 fully saturated rings. The molecule has 1 aromatic carbocycles. The predicted molar refractivity (Wildman–Crippen MR) is 83.7 cm³/mol. The van der Waals surface area contributed by atoms with Crippen molar-refractivity contribution in [2.75, 3.05) is 20.2 Å². The van der Waals surface area contributed by atoms with E-state index in [4.69, 9.17) is 9.72 Å². The molecule has 106 valence electrons. The van der Waals surface area contributed by atoms with E-state index < -0.39 is 0 Å². The lowest BCUT2D eigenvalue weighted by Crippen LogP contribution is -2.28. The summed E-state index contributed by atoms with van der Waals surface area (Å²) in [5.74, 6) is 1.47. The van der Waals surface area contributed by atoms with Gasteiger partial charge in [0.05, 0.1) is 17.8 Å². The molecule has 1 aliphatic heterocycles. The molecule has 3 nitrogen and oxygen atoms in total. The van der Waals surface area contributed by atoms with Crippen molar-refractivity contribution in [3.8, 4) is 17.0 Å². The standard InChI is InChI=1S/C16H20N2OS/c1-11-5-6-15(19-2)13(8-11)14-10-20-16(18-14)12-4-3-7-17-9-12/h5-6,8,10,12,17H,3-4,7,9H2,1-2H3. The van der Waals surface area contributed by atoms with E-state index in [9.17, 15) is 0 Å². The molecular formula is C16H20N2OS. The van der Waals surface area contributed by atoms with Gasteiger partial charge in [-0.3, -0.25) is 0 Å². The average molecular weight is 288 g/mol. The van der Waals surface area contributed by atoms with Crippen molar-refractivity contribution in [2.45, 2.75) is 25.7 Å². The van der Waals surface area contributed by atoms with Gasteiger partial charge in [-0.1, -0.05) is 11.6 Å². The normalized spacial score (nSPS) is 19.0. The maximum atomic E-state index is 5.46. The molecule has 1 N–H and O–H groups in total. The number of benzene rings is 1. The van der Waals surface area contributed by atoms with Crippen LogP contribution in [0, 0.1) is 6.92 Å². The van der Waals surface area contributed by atoms with E-state index in [0.29, 0.717) is 5.92 Å². The van der Waals surface area contributed by atoms with Crippen LogP contribution in [0.4, 0.5) is 0 Å². The molecule has 0 bridgehead atoms. The third kappa shape index (κ3) is 2.72. The van der Waals surface area contributed by atoms with Gasteiger partial charge in [-0.25, -0.2) is 4.98 Å². The van der Waals surface area contributed by atoms with E-state index in [1.807, 2.05) is 6.07 Å². The van der Waals surface area contributed by atoms with Crippen molar-refractivity contribution in [1.29, 1.82) is 0 Å². The van der Waals surface area contributed by atoms with E-state index in [-0.39, 0.29) is 0 Å². The summed E-state index contributed by atoms with van der Waals surface area (Å²) in [6.45, 7) is 4.29. The number of hydrogen-bond acceptors (Lipinski definition) is 4. The first-order valence-electron chi connectivity index (χ1n) is 7.09. The molecule has 1 unspecified atom stereocenters. The van der Waals surface area contributed by atoms with Crippen molar-refractivity contribution in [3.63, 3.8) is 0 Å². The molecule has 2 heterocycles. The molecule has 0 radical (unpaired) electrons. The third-order valence-electron chi connectivity index (χ3n) is 3.80. The fourth-order valence-corrected chi connectivity index (χ4v) is 3.64. The molecule has 20 heavy (non-hydrogen) atoms. The summed E-state index contributed by atoms with van der Waals surface area (Å²) in [7, 11) is 1.71. The molecule has 0 spiro atoms. The number of nitrogens with one attached hydrogen (secondary N) is 1. The van der Waals surface area contributed by atoms with E-state index >= 15 is 0 Å². The molecule has 0 saturated carbocycles. The van der Waals surface area contributed by atoms with Gasteiger partial charge in [-0.2, -0.15) is 0 Å². The van der Waals surface area contributed by atoms with Gasteiger partial charge in [-0.15, -0.1) is 11.3 Å². The number of hydrogen-bond donors (Lipinski definition) is 1. The summed E-state index contributed by atoms with van der Waals surface area (Å²) in [4.78, 5) is 4.85. The van der Waals surface area contributed by atoms with E-state index in [2.05, 4.69) is 29.8 Å². The fraction of sp³-hybridized carbons (Fsp3) is 0.438. The van der Waals surface area contributed by atoms with Crippen molar-refractivity contribution in [3.05, 3.63) is 34.2 Å². The minimum absolute atomic E-state index is 0.568. The first-order valence-corrected chi connectivity index (χ1v) is 7.97. The van der Waals surface area contributed by atoms with Crippen LogP contribution in [0.1, 0.15) is 29.3 Å². The zero-order chi connectivity index (χ0) is 13.9. The Kier molecular flexibility index (Phi) is 4.03. The lowest BCUT2D eigenvalue weighted by molar-refractivity contribution is 0.416. The van der Waals surface area contributed by atoms with Crippen molar-refractivity contribution < 1.29 is 4.74 Å². The van der Waals surface area contributed by atoms with Crippen LogP contribution < -0.4 is 10.1 Å². The number of aryl methyl sites for hydroxylation is 1. The number of aromatic nitrogens is 1. The summed E-state index contributed by atoms with van der Waals surface area (Å²) in [5.41, 5.74) is 3.37. The summed E-state index contributed by atoms with van der Waals surface area (Å²) in [6.07, 6.45) is 2.48. The van der Waals surface area contributed by atoms with E-state index in [1.165, 1.54) is 23.4 Å². The minimum atomic E-state index is 0.568. The highest BCUT2D eigenvalue weighted by Crippen LogP contribution is 2.34. The van der Waals surface area contributed by atoms with Crippen molar-refractivity contribution in [2.24, 2.45) is 0 Å². The quantitative estimate of drug-likeness (QED) is 0.937. The third-order valence-corrected chi connectivity index (χ3v) is 4.81. The monoisotopic (exact) mass is 288 g/mol. The first kappa shape index (κ1) is 13.6. The Hall–Kier alpha value is -1.39. The van der Waals surface area contributed by atoms with Crippen LogP contribution in [-0.4, -0.2) is 25.2 Å². The minimum Gasteiger partial charge on any atom is -0.496 e. The van der Waals surface area contributed by atoms with Crippen LogP contribution in [-0.2, 0) is 0 Å². The smallest absolute Gasteiger partial charge is 0.128 e. The highest BCUT2D eigenvalue weighted by molar-refractivity contribution is 7.10.